The van der Waals surface area contributed by atoms with E-state index in [1.807, 2.05) is 0 Å². The molecule has 1 saturated heterocycles. The first-order valence-corrected chi connectivity index (χ1v) is 8.84. The molecule has 1 aliphatic rings. The van der Waals surface area contributed by atoms with Gasteiger partial charge in [-0.1, -0.05) is 11.6 Å². The van der Waals surface area contributed by atoms with Gasteiger partial charge in [-0.15, -0.1) is 0 Å². The van der Waals surface area contributed by atoms with Crippen molar-refractivity contribution in [3.8, 4) is 11.5 Å². The van der Waals surface area contributed by atoms with Crippen LogP contribution in [-0.4, -0.2) is 38.6 Å². The summed E-state index contributed by atoms with van der Waals surface area (Å²) in [6.07, 6.45) is 0.0226. The summed E-state index contributed by atoms with van der Waals surface area (Å²) in [5, 5.41) is 0.459. The van der Waals surface area contributed by atoms with E-state index in [2.05, 4.69) is 4.74 Å². The number of nitrogens with zero attached hydrogens (tertiary/aromatic N) is 1. The molecule has 1 atom stereocenters. The molecule has 28 heavy (non-hydrogen) atoms. The summed E-state index contributed by atoms with van der Waals surface area (Å²) in [7, 11) is 2.78. The molecule has 0 aromatic heterocycles. The van der Waals surface area contributed by atoms with E-state index in [0.29, 0.717) is 22.0 Å². The number of carbonyl (C=O) groups is 3. The fraction of sp³-hybridized carbons (Fsp3) is 0.250. The van der Waals surface area contributed by atoms with E-state index in [1.54, 1.807) is 18.2 Å². The quantitative estimate of drug-likeness (QED) is 0.563. The molecule has 2 aromatic rings. The molecule has 0 saturated carbocycles. The maximum atomic E-state index is 12.5. The van der Waals surface area contributed by atoms with Gasteiger partial charge in [0.1, 0.15) is 11.5 Å². The largest absolute Gasteiger partial charge is 0.495 e. The van der Waals surface area contributed by atoms with Crippen LogP contribution in [0.3, 0.4) is 0 Å². The summed E-state index contributed by atoms with van der Waals surface area (Å²) in [6, 6.07) is 10.9. The maximum absolute atomic E-state index is 12.5. The Balaban J connectivity index is 1.70. The molecule has 146 valence electrons. The second kappa shape index (κ2) is 8.31. The fourth-order valence-corrected chi connectivity index (χ4v) is 3.12. The van der Waals surface area contributed by atoms with Crippen molar-refractivity contribution in [1.82, 2.24) is 0 Å². The van der Waals surface area contributed by atoms with E-state index in [9.17, 15) is 14.4 Å². The number of anilines is 1. The first kappa shape index (κ1) is 19.7. The number of hydrogen-bond donors (Lipinski definition) is 0. The normalized spacial score (nSPS) is 16.0. The fourth-order valence-electron chi connectivity index (χ4n) is 2.95. The zero-order chi connectivity index (χ0) is 20.3. The van der Waals surface area contributed by atoms with Crippen molar-refractivity contribution >= 4 is 35.1 Å². The van der Waals surface area contributed by atoms with Crippen LogP contribution < -0.4 is 14.4 Å². The molecule has 3 rings (SSSR count). The number of ether oxygens (including phenoxy) is 3. The van der Waals surface area contributed by atoms with E-state index >= 15 is 0 Å². The SMILES string of the molecule is COC(=O)c1ccc(OC(=O)C2CC(=O)N(c3cc(Cl)ccc3OC)C2)cc1. The average Bonchev–Trinajstić information content (AvgIpc) is 3.09. The van der Waals surface area contributed by atoms with Gasteiger partial charge < -0.3 is 19.1 Å². The van der Waals surface area contributed by atoms with Crippen LogP contribution >= 0.6 is 11.6 Å². The lowest BCUT2D eigenvalue weighted by Crippen LogP contribution is -2.27. The summed E-state index contributed by atoms with van der Waals surface area (Å²) in [4.78, 5) is 37.8. The Bertz CT molecular complexity index is 911. The molecule has 1 fully saturated rings. The van der Waals surface area contributed by atoms with Gasteiger partial charge in [0.15, 0.2) is 0 Å². The molecular weight excluding hydrogens is 386 g/mol. The Labute approximate surface area is 166 Å². The smallest absolute Gasteiger partial charge is 0.337 e. The van der Waals surface area contributed by atoms with Crippen LogP contribution in [0.1, 0.15) is 16.8 Å². The third-order valence-electron chi connectivity index (χ3n) is 4.38. The first-order valence-electron chi connectivity index (χ1n) is 8.47. The lowest BCUT2D eigenvalue weighted by molar-refractivity contribution is -0.139. The number of hydrogen-bond acceptors (Lipinski definition) is 6. The molecule has 8 heteroatoms. The van der Waals surface area contributed by atoms with Crippen LogP contribution in [0, 0.1) is 5.92 Å². The van der Waals surface area contributed by atoms with Gasteiger partial charge in [-0.2, -0.15) is 0 Å². The number of benzene rings is 2. The summed E-state index contributed by atoms with van der Waals surface area (Å²) in [5.41, 5.74) is 0.857. The zero-order valence-electron chi connectivity index (χ0n) is 15.3. The van der Waals surface area contributed by atoms with Gasteiger partial charge in [0, 0.05) is 18.0 Å². The summed E-state index contributed by atoms with van der Waals surface area (Å²) in [6.45, 7) is 0.161. The van der Waals surface area contributed by atoms with Gasteiger partial charge in [-0.05, 0) is 42.5 Å². The molecule has 7 nitrogen and oxygen atoms in total. The number of methoxy groups -OCH3 is 2. The summed E-state index contributed by atoms with van der Waals surface area (Å²) >= 11 is 6.03. The number of rotatable bonds is 5. The lowest BCUT2D eigenvalue weighted by Gasteiger charge is -2.19. The van der Waals surface area contributed by atoms with Crippen molar-refractivity contribution in [3.05, 3.63) is 53.1 Å². The van der Waals surface area contributed by atoms with E-state index in [4.69, 9.17) is 21.1 Å². The van der Waals surface area contributed by atoms with Gasteiger partial charge >= 0.3 is 11.9 Å². The molecule has 0 bridgehead atoms. The lowest BCUT2D eigenvalue weighted by atomic mass is 10.1. The third-order valence-corrected chi connectivity index (χ3v) is 4.62. The minimum absolute atomic E-state index is 0.0226. The molecule has 1 unspecified atom stereocenters. The molecule has 0 radical (unpaired) electrons. The average molecular weight is 404 g/mol. The van der Waals surface area contributed by atoms with E-state index < -0.39 is 17.9 Å². The first-order chi connectivity index (χ1) is 13.4. The van der Waals surface area contributed by atoms with Gasteiger partial charge in [0.2, 0.25) is 5.91 Å². The number of halogens is 1. The summed E-state index contributed by atoms with van der Waals surface area (Å²) in [5.74, 6) is -1.08. The van der Waals surface area contributed by atoms with E-state index in [0.717, 1.165) is 0 Å². The van der Waals surface area contributed by atoms with Crippen LogP contribution in [0.5, 0.6) is 11.5 Å². The predicted molar refractivity (Wildman–Crippen MR) is 102 cm³/mol. The highest BCUT2D eigenvalue weighted by Gasteiger charge is 2.37. The highest BCUT2D eigenvalue weighted by atomic mass is 35.5. The standard InChI is InChI=1S/C20H18ClNO6/c1-26-17-8-5-14(21)10-16(17)22-11-13(9-18(22)23)20(25)28-15-6-3-12(4-7-15)19(24)27-2/h3-8,10,13H,9,11H2,1-2H3. The Morgan fingerprint density at radius 2 is 1.82 bits per heavy atom. The van der Waals surface area contributed by atoms with Gasteiger partial charge in [-0.3, -0.25) is 9.59 Å². The molecular formula is C20H18ClNO6. The molecule has 0 aliphatic carbocycles. The van der Waals surface area contributed by atoms with E-state index in [1.165, 1.54) is 43.4 Å². The van der Waals surface area contributed by atoms with Gasteiger partial charge in [-0.25, -0.2) is 4.79 Å². The Morgan fingerprint density at radius 1 is 1.11 bits per heavy atom. The molecule has 0 N–H and O–H groups in total. The van der Waals surface area contributed by atoms with Crippen molar-refractivity contribution in [2.45, 2.75) is 6.42 Å². The topological polar surface area (TPSA) is 82.1 Å². The number of esters is 2. The third kappa shape index (κ3) is 4.09. The minimum Gasteiger partial charge on any atom is -0.495 e. The molecule has 1 heterocycles. The number of amides is 1. The van der Waals surface area contributed by atoms with Crippen LogP contribution in [0.2, 0.25) is 5.02 Å². The Kier molecular flexibility index (Phi) is 5.84. The van der Waals surface area contributed by atoms with Crippen LogP contribution in [-0.2, 0) is 14.3 Å². The molecule has 1 aliphatic heterocycles. The highest BCUT2D eigenvalue weighted by Crippen LogP contribution is 2.35. The second-order valence-electron chi connectivity index (χ2n) is 6.16. The minimum atomic E-state index is -0.628. The molecule has 1 amide bonds. The molecule has 0 spiro atoms. The van der Waals surface area contributed by atoms with Gasteiger partial charge in [0.25, 0.3) is 0 Å². The van der Waals surface area contributed by atoms with Crippen molar-refractivity contribution < 1.29 is 28.6 Å². The maximum Gasteiger partial charge on any atom is 0.337 e. The molecule has 2 aromatic carbocycles. The van der Waals surface area contributed by atoms with Crippen molar-refractivity contribution in [2.75, 3.05) is 25.7 Å². The monoisotopic (exact) mass is 403 g/mol. The van der Waals surface area contributed by atoms with Crippen LogP contribution in [0.25, 0.3) is 0 Å². The number of carbonyl (C=O) groups excluding carboxylic acids is 3. The van der Waals surface area contributed by atoms with Crippen LogP contribution in [0.15, 0.2) is 42.5 Å². The van der Waals surface area contributed by atoms with Crippen molar-refractivity contribution in [1.29, 1.82) is 0 Å². The second-order valence-corrected chi connectivity index (χ2v) is 6.60. The predicted octanol–water partition coefficient (Wildman–Crippen LogP) is 3.09. The Morgan fingerprint density at radius 3 is 2.46 bits per heavy atom. The summed E-state index contributed by atoms with van der Waals surface area (Å²) < 4.78 is 15.3. The highest BCUT2D eigenvalue weighted by molar-refractivity contribution is 6.31. The van der Waals surface area contributed by atoms with Crippen LogP contribution in [0.4, 0.5) is 5.69 Å². The zero-order valence-corrected chi connectivity index (χ0v) is 16.1. The van der Waals surface area contributed by atoms with E-state index in [-0.39, 0.29) is 24.6 Å². The van der Waals surface area contributed by atoms with Gasteiger partial charge in [0.05, 0.1) is 31.4 Å². The Hall–Kier alpha value is -3.06. The van der Waals surface area contributed by atoms with Crippen molar-refractivity contribution in [3.63, 3.8) is 0 Å². The van der Waals surface area contributed by atoms with Crippen molar-refractivity contribution in [2.24, 2.45) is 5.92 Å².